The number of rotatable bonds is 5. The average molecular weight is 178 g/mol. The molecule has 0 saturated heterocycles. The number of hydrogen-bond donors (Lipinski definition) is 1. The van der Waals surface area contributed by atoms with Crippen LogP contribution in [0.4, 0.5) is 0 Å². The fourth-order valence-electron chi connectivity index (χ4n) is 0.984. The molecule has 71 valence electrons. The van der Waals surface area contributed by atoms with Crippen LogP contribution >= 0.6 is 0 Å². The summed E-state index contributed by atoms with van der Waals surface area (Å²) in [4.78, 5) is 0. The maximum absolute atomic E-state index is 5.47. The summed E-state index contributed by atoms with van der Waals surface area (Å²) in [6.45, 7) is 5.84. The summed E-state index contributed by atoms with van der Waals surface area (Å²) in [5.41, 5.74) is 0. The molecule has 0 saturated carbocycles. The van der Waals surface area contributed by atoms with E-state index in [1.165, 1.54) is 0 Å². The van der Waals surface area contributed by atoms with E-state index in [2.05, 4.69) is 25.2 Å². The predicted molar refractivity (Wildman–Crippen MR) is 53.9 cm³/mol. The summed E-state index contributed by atoms with van der Waals surface area (Å²) >= 11 is 0. The van der Waals surface area contributed by atoms with Gasteiger partial charge in [-0.05, 0) is 18.2 Å². The molecule has 0 aliphatic heterocycles. The van der Waals surface area contributed by atoms with E-state index in [4.69, 9.17) is 4.74 Å². The van der Waals surface area contributed by atoms with Crippen molar-refractivity contribution < 1.29 is 4.74 Å². The number of nitrogens with one attached hydrogen (secondary N) is 1. The molecular formula is C11H16NO. The van der Waals surface area contributed by atoms with Gasteiger partial charge in [-0.25, -0.2) is 0 Å². The van der Waals surface area contributed by atoms with Gasteiger partial charge in [0.15, 0.2) is 0 Å². The third-order valence-corrected chi connectivity index (χ3v) is 1.61. The average Bonchev–Trinajstić information content (AvgIpc) is 2.14. The van der Waals surface area contributed by atoms with Gasteiger partial charge in [0.05, 0.1) is 0 Å². The Morgan fingerprint density at radius 3 is 2.69 bits per heavy atom. The molecule has 2 heteroatoms. The summed E-state index contributed by atoms with van der Waals surface area (Å²) in [5, 5.41) is 3.28. The van der Waals surface area contributed by atoms with E-state index in [1.54, 1.807) is 0 Å². The molecule has 1 aromatic carbocycles. The Hall–Kier alpha value is -1.02. The number of benzene rings is 1. The molecule has 0 amide bonds. The maximum Gasteiger partial charge on any atom is 0.119 e. The fourth-order valence-corrected chi connectivity index (χ4v) is 0.984. The minimum Gasteiger partial charge on any atom is -0.492 e. The number of hydrogen-bond acceptors (Lipinski definition) is 2. The molecule has 1 radical (unpaired) electrons. The summed E-state index contributed by atoms with van der Waals surface area (Å²) in [5.74, 6) is 0.907. The van der Waals surface area contributed by atoms with Crippen molar-refractivity contribution in [1.82, 2.24) is 5.32 Å². The van der Waals surface area contributed by atoms with E-state index in [9.17, 15) is 0 Å². The standard InChI is InChI=1S/C11H16NO/c1-10(2)12-8-9-13-11-6-4-3-5-7-11/h4-7,10,12H,8-9H2,1-2H3. The van der Waals surface area contributed by atoms with Gasteiger partial charge in [-0.3, -0.25) is 0 Å². The highest BCUT2D eigenvalue weighted by atomic mass is 16.5. The van der Waals surface area contributed by atoms with Crippen LogP contribution in [-0.2, 0) is 0 Å². The molecule has 1 rings (SSSR count). The van der Waals surface area contributed by atoms with Crippen molar-refractivity contribution in [3.8, 4) is 5.75 Å². The van der Waals surface area contributed by atoms with Crippen molar-refractivity contribution in [3.63, 3.8) is 0 Å². The molecule has 0 fully saturated rings. The quantitative estimate of drug-likeness (QED) is 0.695. The van der Waals surface area contributed by atoms with Crippen LogP contribution in [0.2, 0.25) is 0 Å². The zero-order valence-electron chi connectivity index (χ0n) is 8.21. The third-order valence-electron chi connectivity index (χ3n) is 1.61. The zero-order chi connectivity index (χ0) is 9.52. The molecule has 0 atom stereocenters. The first-order valence-corrected chi connectivity index (χ1v) is 4.61. The van der Waals surface area contributed by atoms with Crippen LogP contribution < -0.4 is 10.1 Å². The van der Waals surface area contributed by atoms with E-state index in [-0.39, 0.29) is 0 Å². The summed E-state index contributed by atoms with van der Waals surface area (Å²) in [6.07, 6.45) is 0. The summed E-state index contributed by atoms with van der Waals surface area (Å²) in [6, 6.07) is 11.0. The van der Waals surface area contributed by atoms with Crippen molar-refractivity contribution in [3.05, 3.63) is 30.3 Å². The molecule has 0 spiro atoms. The Labute approximate surface area is 79.9 Å². The van der Waals surface area contributed by atoms with E-state index >= 15 is 0 Å². The molecule has 1 aromatic rings. The highest BCUT2D eigenvalue weighted by Gasteiger charge is 1.93. The Balaban J connectivity index is 2.13. The Kier molecular flexibility index (Phi) is 4.33. The van der Waals surface area contributed by atoms with E-state index in [1.807, 2.05) is 24.3 Å². The first-order chi connectivity index (χ1) is 6.29. The second-order valence-corrected chi connectivity index (χ2v) is 3.19. The van der Waals surface area contributed by atoms with Gasteiger partial charge >= 0.3 is 0 Å². The van der Waals surface area contributed by atoms with Gasteiger partial charge < -0.3 is 10.1 Å². The molecule has 0 aromatic heterocycles. The lowest BCUT2D eigenvalue weighted by Gasteiger charge is -2.09. The molecule has 13 heavy (non-hydrogen) atoms. The lowest BCUT2D eigenvalue weighted by molar-refractivity contribution is 0.309. The van der Waals surface area contributed by atoms with Crippen LogP contribution in [0.1, 0.15) is 13.8 Å². The first kappa shape index (κ1) is 10.1. The van der Waals surface area contributed by atoms with Crippen LogP contribution in [0.5, 0.6) is 5.75 Å². The second kappa shape index (κ2) is 5.60. The SMILES string of the molecule is CC(C)NCCOc1cc[c]cc1. The number of ether oxygens (including phenoxy) is 1. The van der Waals surface area contributed by atoms with Crippen molar-refractivity contribution in [2.24, 2.45) is 0 Å². The van der Waals surface area contributed by atoms with Crippen molar-refractivity contribution in [2.45, 2.75) is 19.9 Å². The molecular weight excluding hydrogens is 162 g/mol. The van der Waals surface area contributed by atoms with Gasteiger partial charge in [-0.2, -0.15) is 0 Å². The smallest absolute Gasteiger partial charge is 0.119 e. The van der Waals surface area contributed by atoms with Crippen LogP contribution in [0.3, 0.4) is 0 Å². The topological polar surface area (TPSA) is 21.3 Å². The third kappa shape index (κ3) is 4.53. The fraction of sp³-hybridized carbons (Fsp3) is 0.455. The maximum atomic E-state index is 5.47. The van der Waals surface area contributed by atoms with Gasteiger partial charge in [0, 0.05) is 12.6 Å². The Morgan fingerprint density at radius 1 is 1.38 bits per heavy atom. The van der Waals surface area contributed by atoms with Crippen molar-refractivity contribution in [1.29, 1.82) is 0 Å². The van der Waals surface area contributed by atoms with Gasteiger partial charge in [0.2, 0.25) is 0 Å². The minimum absolute atomic E-state index is 0.521. The molecule has 0 aliphatic rings. The van der Waals surface area contributed by atoms with Crippen molar-refractivity contribution in [2.75, 3.05) is 13.2 Å². The molecule has 2 nitrogen and oxygen atoms in total. The predicted octanol–water partition coefficient (Wildman–Crippen LogP) is 1.86. The van der Waals surface area contributed by atoms with Gasteiger partial charge in [0.25, 0.3) is 0 Å². The van der Waals surface area contributed by atoms with Crippen LogP contribution in [-0.4, -0.2) is 19.2 Å². The van der Waals surface area contributed by atoms with Gasteiger partial charge in [0.1, 0.15) is 12.4 Å². The van der Waals surface area contributed by atoms with Gasteiger partial charge in [-0.1, -0.05) is 26.0 Å². The first-order valence-electron chi connectivity index (χ1n) is 4.61. The summed E-state index contributed by atoms with van der Waals surface area (Å²) < 4.78 is 5.47. The lowest BCUT2D eigenvalue weighted by atomic mass is 10.3. The highest BCUT2D eigenvalue weighted by Crippen LogP contribution is 2.06. The van der Waals surface area contributed by atoms with Crippen LogP contribution in [0, 0.1) is 6.07 Å². The monoisotopic (exact) mass is 178 g/mol. The minimum atomic E-state index is 0.521. The zero-order valence-corrected chi connectivity index (χ0v) is 8.21. The molecule has 0 bridgehead atoms. The molecule has 0 aliphatic carbocycles. The van der Waals surface area contributed by atoms with Crippen LogP contribution in [0.25, 0.3) is 0 Å². The van der Waals surface area contributed by atoms with Crippen LogP contribution in [0.15, 0.2) is 24.3 Å². The molecule has 1 N–H and O–H groups in total. The molecule has 0 unspecified atom stereocenters. The second-order valence-electron chi connectivity index (χ2n) is 3.19. The normalized spacial score (nSPS) is 10.4. The highest BCUT2D eigenvalue weighted by molar-refractivity contribution is 5.20. The Bertz CT molecular complexity index is 221. The van der Waals surface area contributed by atoms with E-state index < -0.39 is 0 Å². The summed E-state index contributed by atoms with van der Waals surface area (Å²) in [7, 11) is 0. The lowest BCUT2D eigenvalue weighted by Crippen LogP contribution is -2.27. The van der Waals surface area contributed by atoms with E-state index in [0.717, 1.165) is 12.3 Å². The Morgan fingerprint density at radius 2 is 2.08 bits per heavy atom. The van der Waals surface area contributed by atoms with Gasteiger partial charge in [-0.15, -0.1) is 0 Å². The largest absolute Gasteiger partial charge is 0.492 e. The van der Waals surface area contributed by atoms with Crippen molar-refractivity contribution >= 4 is 0 Å². The van der Waals surface area contributed by atoms with E-state index in [0.29, 0.717) is 12.6 Å². The molecule has 0 heterocycles.